The van der Waals surface area contributed by atoms with E-state index in [1.165, 1.54) is 396 Å². The first-order chi connectivity index (χ1) is 45.9. The monoisotopic (exact) mass is 1300 g/mol. The van der Waals surface area contributed by atoms with Crippen LogP contribution in [-0.2, 0) is 13.1 Å². The zero-order chi connectivity index (χ0) is 66.5. The first-order valence-corrected chi connectivity index (χ1v) is 42.5. The van der Waals surface area contributed by atoms with Crippen LogP contribution in [0, 0.1) is 0 Å². The van der Waals surface area contributed by atoms with Crippen molar-refractivity contribution < 1.29 is 23.4 Å². The van der Waals surface area contributed by atoms with Gasteiger partial charge in [-0.05, 0) is 49.9 Å². The topological polar surface area (TPSA) is 36.9 Å². The predicted molar refractivity (Wildman–Crippen MR) is 413 cm³/mol. The molecule has 0 saturated heterocycles. The molecule has 0 heterocycles. The van der Waals surface area contributed by atoms with Crippen LogP contribution in [0.1, 0.15) is 450 Å². The van der Waals surface area contributed by atoms with Gasteiger partial charge in [0.1, 0.15) is 36.1 Å². The van der Waals surface area contributed by atoms with Crippen LogP contribution in [0.3, 0.4) is 0 Å². The van der Waals surface area contributed by atoms with E-state index in [-0.39, 0.29) is 0 Å². The minimum atomic E-state index is 0.771. The molecule has 0 radical (unpaired) electrons. The molecule has 0 aromatic heterocycles. The SMILES string of the molecule is CCCCCCCCCCCCCCCCCCOc1cc(C[N+](C)(C)Cc2cc(OCCCCCCCCCCCCCCCCCC)cc(OCCCCCCCCCCCCCCCCCC)c2)cc(OCCCCCCCCCCCCCCCCCC)c1. The molecule has 544 valence electrons. The molecule has 0 unspecified atom stereocenters. The van der Waals surface area contributed by atoms with Crippen molar-refractivity contribution in [3.63, 3.8) is 0 Å². The van der Waals surface area contributed by atoms with Gasteiger partial charge >= 0.3 is 0 Å². The van der Waals surface area contributed by atoms with E-state index in [2.05, 4.69) is 78.2 Å². The highest BCUT2D eigenvalue weighted by molar-refractivity contribution is 5.39. The molecule has 2 aromatic carbocycles. The Labute approximate surface area is 583 Å². The molecular formula is C88H164NO4+. The second-order valence-corrected chi connectivity index (χ2v) is 30.5. The highest BCUT2D eigenvalue weighted by Crippen LogP contribution is 2.30. The van der Waals surface area contributed by atoms with Gasteiger partial charge in [-0.3, -0.25) is 0 Å². The van der Waals surface area contributed by atoms with Gasteiger partial charge in [-0.2, -0.15) is 0 Å². The largest absolute Gasteiger partial charge is 0.493 e. The van der Waals surface area contributed by atoms with E-state index in [1.807, 2.05) is 0 Å². The zero-order valence-electron chi connectivity index (χ0n) is 64.0. The average Bonchev–Trinajstić information content (AvgIpc) is 0.952. The molecule has 0 spiro atoms. The molecule has 0 atom stereocenters. The Balaban J connectivity index is 1.97. The van der Waals surface area contributed by atoms with Crippen LogP contribution in [0.15, 0.2) is 36.4 Å². The van der Waals surface area contributed by atoms with Gasteiger partial charge in [-0.15, -0.1) is 0 Å². The van der Waals surface area contributed by atoms with Crippen LogP contribution < -0.4 is 18.9 Å². The number of rotatable bonds is 76. The molecule has 0 fully saturated rings. The third kappa shape index (κ3) is 59.4. The van der Waals surface area contributed by atoms with Gasteiger partial charge in [0.15, 0.2) is 0 Å². The van der Waals surface area contributed by atoms with E-state index in [4.69, 9.17) is 18.9 Å². The maximum absolute atomic E-state index is 6.61. The van der Waals surface area contributed by atoms with Crippen LogP contribution in [0.25, 0.3) is 0 Å². The normalized spacial score (nSPS) is 11.8. The first kappa shape index (κ1) is 86.7. The molecule has 5 heteroatoms. The highest BCUT2D eigenvalue weighted by Gasteiger charge is 2.20. The van der Waals surface area contributed by atoms with E-state index in [1.54, 1.807) is 0 Å². The zero-order valence-corrected chi connectivity index (χ0v) is 64.0. The third-order valence-electron chi connectivity index (χ3n) is 20.2. The Morgan fingerprint density at radius 2 is 0.312 bits per heavy atom. The Kier molecular flexibility index (Phi) is 63.5. The van der Waals surface area contributed by atoms with Crippen molar-refractivity contribution in [3.8, 4) is 23.0 Å². The van der Waals surface area contributed by atoms with Gasteiger partial charge in [0, 0.05) is 23.3 Å². The summed E-state index contributed by atoms with van der Waals surface area (Å²) in [6, 6.07) is 13.6. The van der Waals surface area contributed by atoms with E-state index in [9.17, 15) is 0 Å². The Morgan fingerprint density at radius 3 is 0.452 bits per heavy atom. The third-order valence-corrected chi connectivity index (χ3v) is 20.2. The lowest BCUT2D eigenvalue weighted by Crippen LogP contribution is -2.37. The van der Waals surface area contributed by atoms with Crippen molar-refractivity contribution >= 4 is 0 Å². The molecule has 0 aliphatic carbocycles. The summed E-state index contributed by atoms with van der Waals surface area (Å²) in [5.74, 6) is 3.85. The molecule has 2 rings (SSSR count). The molecule has 0 aliphatic heterocycles. The lowest BCUT2D eigenvalue weighted by molar-refractivity contribution is -0.916. The second-order valence-electron chi connectivity index (χ2n) is 30.5. The molecule has 93 heavy (non-hydrogen) atoms. The molecule has 0 aliphatic rings. The number of ether oxygens (including phenoxy) is 4. The van der Waals surface area contributed by atoms with Crippen molar-refractivity contribution in [1.29, 1.82) is 0 Å². The summed E-state index contributed by atoms with van der Waals surface area (Å²) in [6.07, 6.45) is 88.4. The van der Waals surface area contributed by atoms with Gasteiger partial charge in [0.25, 0.3) is 0 Å². The maximum atomic E-state index is 6.61. The van der Waals surface area contributed by atoms with Crippen LogP contribution in [0.2, 0.25) is 0 Å². The molecule has 0 bridgehead atoms. The van der Waals surface area contributed by atoms with E-state index in [0.29, 0.717) is 0 Å². The summed E-state index contributed by atoms with van der Waals surface area (Å²) in [5, 5.41) is 0. The van der Waals surface area contributed by atoms with Crippen molar-refractivity contribution in [1.82, 2.24) is 0 Å². The Morgan fingerprint density at radius 1 is 0.183 bits per heavy atom. The van der Waals surface area contributed by atoms with Crippen LogP contribution in [0.4, 0.5) is 0 Å². The highest BCUT2D eigenvalue weighted by atomic mass is 16.5. The van der Waals surface area contributed by atoms with E-state index < -0.39 is 0 Å². The average molecular weight is 1300 g/mol. The fourth-order valence-electron chi connectivity index (χ4n) is 14.2. The van der Waals surface area contributed by atoms with Gasteiger partial charge in [-0.1, -0.05) is 413 Å². The van der Waals surface area contributed by atoms with Crippen molar-refractivity contribution in [2.75, 3.05) is 40.5 Å². The molecule has 2 aromatic rings. The first-order valence-electron chi connectivity index (χ1n) is 42.5. The summed E-state index contributed by atoms with van der Waals surface area (Å²) in [6.45, 7) is 14.1. The number of nitrogens with zero attached hydrogens (tertiary/aromatic N) is 1. The fourth-order valence-corrected chi connectivity index (χ4v) is 14.2. The smallest absolute Gasteiger partial charge is 0.123 e. The lowest BCUT2D eigenvalue weighted by atomic mass is 10.0. The summed E-state index contributed by atoms with van der Waals surface area (Å²) in [7, 11) is 4.75. The minimum Gasteiger partial charge on any atom is -0.493 e. The second kappa shape index (κ2) is 68.1. The van der Waals surface area contributed by atoms with Gasteiger partial charge in [0.2, 0.25) is 0 Å². The van der Waals surface area contributed by atoms with Crippen molar-refractivity contribution in [3.05, 3.63) is 47.5 Å². The van der Waals surface area contributed by atoms with Gasteiger partial charge in [0.05, 0.1) is 40.5 Å². The Hall–Kier alpha value is -2.40. The standard InChI is InChI=1S/C88H164NO4/c1-7-11-15-19-23-27-31-35-39-43-47-51-55-59-63-67-71-90-85-75-83(76-86(79-85)91-72-68-64-60-56-52-48-44-40-36-32-28-24-20-16-12-8-2)81-89(5,6)82-84-77-87(92-73-69-65-61-57-53-49-45-41-37-33-29-25-21-17-13-9-3)80-88(78-84)93-74-70-66-62-58-54-50-46-42-38-34-30-26-22-18-14-10-4/h75-80H,7-74,81-82H2,1-6H3/q+1. The number of hydrogen-bond acceptors (Lipinski definition) is 4. The molecular weight excluding hydrogens is 1130 g/mol. The maximum Gasteiger partial charge on any atom is 0.123 e. The fraction of sp³-hybridized carbons (Fsp3) is 0.864. The number of unbranched alkanes of at least 4 members (excludes halogenated alkanes) is 60. The Bertz CT molecular complexity index is 1570. The van der Waals surface area contributed by atoms with Gasteiger partial charge < -0.3 is 23.4 Å². The summed E-state index contributed by atoms with van der Waals surface area (Å²) in [5.41, 5.74) is 2.56. The quantitative estimate of drug-likeness (QED) is 0.0489. The van der Waals surface area contributed by atoms with Crippen molar-refractivity contribution in [2.24, 2.45) is 0 Å². The van der Waals surface area contributed by atoms with Crippen LogP contribution in [-0.4, -0.2) is 45.0 Å². The molecule has 5 nitrogen and oxygen atoms in total. The molecule has 0 saturated carbocycles. The van der Waals surface area contributed by atoms with Crippen LogP contribution >= 0.6 is 0 Å². The lowest BCUT2D eigenvalue weighted by Gasteiger charge is -2.30. The predicted octanol–water partition coefficient (Wildman–Crippen LogP) is 30.0. The summed E-state index contributed by atoms with van der Waals surface area (Å²) in [4.78, 5) is 0. The molecule has 0 N–H and O–H groups in total. The van der Waals surface area contributed by atoms with E-state index >= 15 is 0 Å². The van der Waals surface area contributed by atoms with E-state index in [0.717, 1.165) is 92.7 Å². The summed E-state index contributed by atoms with van der Waals surface area (Å²) >= 11 is 0. The number of benzene rings is 2. The van der Waals surface area contributed by atoms with Crippen molar-refractivity contribution in [2.45, 2.75) is 452 Å². The molecule has 0 amide bonds. The minimum absolute atomic E-state index is 0.771. The number of quaternary nitrogens is 1. The van der Waals surface area contributed by atoms with Gasteiger partial charge in [-0.25, -0.2) is 0 Å². The van der Waals surface area contributed by atoms with Crippen LogP contribution in [0.5, 0.6) is 23.0 Å². The summed E-state index contributed by atoms with van der Waals surface area (Å²) < 4.78 is 27.2. The number of hydrogen-bond donors (Lipinski definition) is 0.